The van der Waals surface area contributed by atoms with Gasteiger partial charge in [0, 0.05) is 10.5 Å². The molecule has 1 aromatic carbocycles. The Morgan fingerprint density at radius 2 is 2.00 bits per heavy atom. The highest BCUT2D eigenvalue weighted by molar-refractivity contribution is 9.10. The van der Waals surface area contributed by atoms with Crippen LogP contribution in [-0.2, 0) is 6.18 Å². The second-order valence-corrected chi connectivity index (χ2v) is 6.65. The highest BCUT2D eigenvalue weighted by atomic mass is 79.9. The summed E-state index contributed by atoms with van der Waals surface area (Å²) in [5, 5.41) is 0. The maximum atomic E-state index is 12.9. The van der Waals surface area contributed by atoms with Crippen molar-refractivity contribution < 1.29 is 13.2 Å². The molecule has 1 aromatic rings. The SMILES string of the molecule is CC1CCCC(C(N)c2ccc(Br)c(C(F)(F)F)c2)C1. The first-order valence-corrected chi connectivity index (χ1v) is 7.70. The van der Waals surface area contributed by atoms with E-state index in [4.69, 9.17) is 5.73 Å². The van der Waals surface area contributed by atoms with Gasteiger partial charge in [-0.1, -0.05) is 41.8 Å². The maximum Gasteiger partial charge on any atom is 0.417 e. The number of hydrogen-bond donors (Lipinski definition) is 1. The molecule has 0 aliphatic heterocycles. The van der Waals surface area contributed by atoms with Gasteiger partial charge in [0.05, 0.1) is 5.56 Å². The molecule has 0 heterocycles. The van der Waals surface area contributed by atoms with E-state index in [0.29, 0.717) is 11.5 Å². The summed E-state index contributed by atoms with van der Waals surface area (Å²) >= 11 is 2.96. The molecule has 0 radical (unpaired) electrons. The number of alkyl halides is 3. The van der Waals surface area contributed by atoms with Crippen LogP contribution >= 0.6 is 15.9 Å². The van der Waals surface area contributed by atoms with Gasteiger partial charge in [-0.2, -0.15) is 13.2 Å². The van der Waals surface area contributed by atoms with Gasteiger partial charge < -0.3 is 5.73 Å². The van der Waals surface area contributed by atoms with E-state index in [1.54, 1.807) is 6.07 Å². The largest absolute Gasteiger partial charge is 0.417 e. The third-order valence-electron chi connectivity index (χ3n) is 4.17. The highest BCUT2D eigenvalue weighted by Gasteiger charge is 2.34. The molecule has 0 saturated heterocycles. The fourth-order valence-corrected chi connectivity index (χ4v) is 3.52. The molecule has 3 unspecified atom stereocenters. The molecule has 5 heteroatoms. The second kappa shape index (κ2) is 6.06. The molecule has 1 aliphatic rings. The molecule has 1 aliphatic carbocycles. The number of benzene rings is 1. The first-order valence-electron chi connectivity index (χ1n) is 6.91. The molecule has 3 atom stereocenters. The van der Waals surface area contributed by atoms with E-state index in [-0.39, 0.29) is 16.4 Å². The minimum atomic E-state index is -4.35. The molecule has 1 fully saturated rings. The lowest BCUT2D eigenvalue weighted by atomic mass is 9.77. The van der Waals surface area contributed by atoms with Crippen LogP contribution in [0.15, 0.2) is 22.7 Å². The zero-order valence-electron chi connectivity index (χ0n) is 11.4. The van der Waals surface area contributed by atoms with E-state index in [1.165, 1.54) is 18.6 Å². The van der Waals surface area contributed by atoms with Crippen LogP contribution in [0.2, 0.25) is 0 Å². The van der Waals surface area contributed by atoms with Crippen LogP contribution in [0.1, 0.15) is 49.8 Å². The van der Waals surface area contributed by atoms with Crippen molar-refractivity contribution in [3.05, 3.63) is 33.8 Å². The second-order valence-electron chi connectivity index (χ2n) is 5.79. The van der Waals surface area contributed by atoms with E-state index in [1.807, 2.05) is 0 Å². The van der Waals surface area contributed by atoms with E-state index >= 15 is 0 Å². The van der Waals surface area contributed by atoms with Crippen LogP contribution in [-0.4, -0.2) is 0 Å². The zero-order chi connectivity index (χ0) is 14.9. The average molecular weight is 350 g/mol. The van der Waals surface area contributed by atoms with Gasteiger partial charge >= 0.3 is 6.18 Å². The maximum absolute atomic E-state index is 12.9. The zero-order valence-corrected chi connectivity index (χ0v) is 13.0. The number of nitrogens with two attached hydrogens (primary N) is 1. The fraction of sp³-hybridized carbons (Fsp3) is 0.600. The Kier molecular flexibility index (Phi) is 4.80. The molecule has 112 valence electrons. The minimum absolute atomic E-state index is 0.0676. The Balaban J connectivity index is 2.24. The summed E-state index contributed by atoms with van der Waals surface area (Å²) in [4.78, 5) is 0. The van der Waals surface area contributed by atoms with Crippen molar-refractivity contribution in [3.8, 4) is 0 Å². The summed E-state index contributed by atoms with van der Waals surface area (Å²) in [6, 6.07) is 4.02. The van der Waals surface area contributed by atoms with Gasteiger partial charge in [0.1, 0.15) is 0 Å². The van der Waals surface area contributed by atoms with E-state index in [9.17, 15) is 13.2 Å². The summed E-state index contributed by atoms with van der Waals surface area (Å²) in [5.41, 5.74) is 6.15. The van der Waals surface area contributed by atoms with Crippen molar-refractivity contribution in [2.75, 3.05) is 0 Å². The number of halogens is 4. The molecular weight excluding hydrogens is 331 g/mol. The van der Waals surface area contributed by atoms with Crippen molar-refractivity contribution >= 4 is 15.9 Å². The Hall–Kier alpha value is -0.550. The standard InChI is InChI=1S/C15H19BrF3N/c1-9-3-2-4-10(7-9)14(20)11-5-6-13(16)12(8-11)15(17,18)19/h5-6,8-10,14H,2-4,7,20H2,1H3. The summed E-state index contributed by atoms with van der Waals surface area (Å²) in [6.07, 6.45) is -0.0462. The monoisotopic (exact) mass is 349 g/mol. The topological polar surface area (TPSA) is 26.0 Å². The highest BCUT2D eigenvalue weighted by Crippen LogP contribution is 2.39. The predicted molar refractivity (Wildman–Crippen MR) is 77.2 cm³/mol. The average Bonchev–Trinajstić information content (AvgIpc) is 2.37. The summed E-state index contributed by atoms with van der Waals surface area (Å²) in [7, 11) is 0. The summed E-state index contributed by atoms with van der Waals surface area (Å²) < 4.78 is 38.8. The lowest BCUT2D eigenvalue weighted by molar-refractivity contribution is -0.138. The van der Waals surface area contributed by atoms with Crippen LogP contribution in [0.4, 0.5) is 13.2 Å². The van der Waals surface area contributed by atoms with Crippen molar-refractivity contribution in [3.63, 3.8) is 0 Å². The Labute approximate surface area is 125 Å². The quantitative estimate of drug-likeness (QED) is 0.770. The van der Waals surface area contributed by atoms with E-state index < -0.39 is 11.7 Å². The summed E-state index contributed by atoms with van der Waals surface area (Å²) in [5.74, 6) is 0.887. The Morgan fingerprint density at radius 3 is 2.60 bits per heavy atom. The van der Waals surface area contributed by atoms with E-state index in [0.717, 1.165) is 19.3 Å². The van der Waals surface area contributed by atoms with Crippen LogP contribution in [0.25, 0.3) is 0 Å². The first-order chi connectivity index (χ1) is 9.29. The van der Waals surface area contributed by atoms with Gasteiger partial charge in [0.2, 0.25) is 0 Å². The summed E-state index contributed by atoms with van der Waals surface area (Å²) in [6.45, 7) is 2.18. The van der Waals surface area contributed by atoms with Crippen molar-refractivity contribution in [2.24, 2.45) is 17.6 Å². The molecule has 0 bridgehead atoms. The molecule has 1 nitrogen and oxygen atoms in total. The van der Waals surface area contributed by atoms with Gasteiger partial charge in [0.25, 0.3) is 0 Å². The molecule has 2 rings (SSSR count). The predicted octanol–water partition coefficient (Wildman–Crippen LogP) is 5.29. The minimum Gasteiger partial charge on any atom is -0.324 e. The van der Waals surface area contributed by atoms with Crippen LogP contribution < -0.4 is 5.73 Å². The third-order valence-corrected chi connectivity index (χ3v) is 4.86. The van der Waals surface area contributed by atoms with Gasteiger partial charge in [-0.25, -0.2) is 0 Å². The van der Waals surface area contributed by atoms with Gasteiger partial charge in [-0.05, 0) is 42.4 Å². The van der Waals surface area contributed by atoms with Gasteiger partial charge in [-0.3, -0.25) is 0 Å². The fourth-order valence-electron chi connectivity index (χ4n) is 3.05. The molecule has 0 aromatic heterocycles. The van der Waals surface area contributed by atoms with Crippen molar-refractivity contribution in [2.45, 2.75) is 44.8 Å². The number of hydrogen-bond acceptors (Lipinski definition) is 1. The normalized spacial score (nSPS) is 25.5. The molecule has 1 saturated carbocycles. The van der Waals surface area contributed by atoms with Crippen LogP contribution in [0, 0.1) is 11.8 Å². The Bertz CT molecular complexity index is 473. The lowest BCUT2D eigenvalue weighted by Crippen LogP contribution is -2.26. The van der Waals surface area contributed by atoms with E-state index in [2.05, 4.69) is 22.9 Å². The molecule has 2 N–H and O–H groups in total. The van der Waals surface area contributed by atoms with Crippen LogP contribution in [0.3, 0.4) is 0 Å². The lowest BCUT2D eigenvalue weighted by Gasteiger charge is -2.31. The molecule has 0 spiro atoms. The smallest absolute Gasteiger partial charge is 0.324 e. The van der Waals surface area contributed by atoms with Crippen molar-refractivity contribution in [1.82, 2.24) is 0 Å². The molecule has 0 amide bonds. The molecule has 20 heavy (non-hydrogen) atoms. The van der Waals surface area contributed by atoms with Crippen LogP contribution in [0.5, 0.6) is 0 Å². The van der Waals surface area contributed by atoms with Gasteiger partial charge in [0.15, 0.2) is 0 Å². The Morgan fingerprint density at radius 1 is 1.30 bits per heavy atom. The first kappa shape index (κ1) is 15.8. The number of rotatable bonds is 2. The molecular formula is C15H19BrF3N. The van der Waals surface area contributed by atoms with Crippen molar-refractivity contribution in [1.29, 1.82) is 0 Å². The van der Waals surface area contributed by atoms with Gasteiger partial charge in [-0.15, -0.1) is 0 Å². The third kappa shape index (κ3) is 3.55.